The molecule has 0 fully saturated rings. The first-order valence-electron chi connectivity index (χ1n) is 9.49. The van der Waals surface area contributed by atoms with Crippen LogP contribution in [0.2, 0.25) is 0 Å². The number of carbonyl (C=O) groups excluding carboxylic acids is 3. The van der Waals surface area contributed by atoms with Crippen molar-refractivity contribution >= 4 is 29.3 Å². The van der Waals surface area contributed by atoms with E-state index in [4.69, 9.17) is 9.47 Å². The van der Waals surface area contributed by atoms with Crippen LogP contribution < -0.4 is 20.7 Å². The number of nitrogens with one attached hydrogen (secondary N) is 3. The average Bonchev–Trinajstić information content (AvgIpc) is 2.68. The monoisotopic (exact) mass is 413 g/mol. The van der Waals surface area contributed by atoms with Crippen LogP contribution in [0.25, 0.3) is 0 Å². The Kier molecular flexibility index (Phi) is 7.80. The largest absolute Gasteiger partial charge is 0.497 e. The average molecular weight is 413 g/mol. The number of alkyl carbamates (subject to hydrolysis) is 1. The van der Waals surface area contributed by atoms with Gasteiger partial charge < -0.3 is 25.4 Å². The molecule has 0 aliphatic rings. The summed E-state index contributed by atoms with van der Waals surface area (Å²) in [6, 6.07) is 13.6. The van der Waals surface area contributed by atoms with Crippen molar-refractivity contribution in [1.29, 1.82) is 0 Å². The molecule has 8 nitrogen and oxygen atoms in total. The standard InChI is InChI=1S/C22H27N3O5/c1-22(2,3)30-21(28)23-14-13-19(26)24-17-7-5-6-8-18(17)25-20(27)15-9-11-16(29-4)12-10-15/h5-12H,13-14H2,1-4H3,(H,23,28)(H,24,26)(H,25,27). The summed E-state index contributed by atoms with van der Waals surface area (Å²) in [7, 11) is 1.55. The van der Waals surface area contributed by atoms with Crippen LogP contribution in [-0.2, 0) is 9.53 Å². The van der Waals surface area contributed by atoms with Gasteiger partial charge in [0.25, 0.3) is 5.91 Å². The Hall–Kier alpha value is -3.55. The van der Waals surface area contributed by atoms with E-state index in [1.165, 1.54) is 0 Å². The van der Waals surface area contributed by atoms with Gasteiger partial charge in [0.15, 0.2) is 0 Å². The Bertz CT molecular complexity index is 888. The van der Waals surface area contributed by atoms with Gasteiger partial charge in [-0.2, -0.15) is 0 Å². The molecule has 0 spiro atoms. The Morgan fingerprint density at radius 3 is 2.07 bits per heavy atom. The van der Waals surface area contributed by atoms with Crippen LogP contribution in [0.4, 0.5) is 16.2 Å². The van der Waals surface area contributed by atoms with E-state index in [9.17, 15) is 14.4 Å². The topological polar surface area (TPSA) is 106 Å². The van der Waals surface area contributed by atoms with Crippen molar-refractivity contribution in [3.05, 3.63) is 54.1 Å². The summed E-state index contributed by atoms with van der Waals surface area (Å²) in [6.45, 7) is 5.41. The number of amides is 3. The van der Waals surface area contributed by atoms with Crippen molar-refractivity contribution in [2.24, 2.45) is 0 Å². The fourth-order valence-electron chi connectivity index (χ4n) is 2.44. The van der Waals surface area contributed by atoms with E-state index in [-0.39, 0.29) is 24.8 Å². The second-order valence-corrected chi connectivity index (χ2v) is 7.46. The Morgan fingerprint density at radius 1 is 0.900 bits per heavy atom. The van der Waals surface area contributed by atoms with Gasteiger partial charge in [0.05, 0.1) is 18.5 Å². The van der Waals surface area contributed by atoms with Gasteiger partial charge >= 0.3 is 6.09 Å². The molecule has 30 heavy (non-hydrogen) atoms. The normalized spacial score (nSPS) is 10.7. The molecule has 3 N–H and O–H groups in total. The highest BCUT2D eigenvalue weighted by atomic mass is 16.6. The summed E-state index contributed by atoms with van der Waals surface area (Å²) in [5.41, 5.74) is 0.778. The minimum absolute atomic E-state index is 0.0556. The molecule has 0 heterocycles. The maximum Gasteiger partial charge on any atom is 0.407 e. The number of rotatable bonds is 7. The minimum Gasteiger partial charge on any atom is -0.497 e. The number of carbonyl (C=O) groups is 3. The van der Waals surface area contributed by atoms with E-state index in [2.05, 4.69) is 16.0 Å². The van der Waals surface area contributed by atoms with Gasteiger partial charge in [-0.3, -0.25) is 9.59 Å². The first-order valence-corrected chi connectivity index (χ1v) is 9.49. The molecule has 0 aromatic heterocycles. The highest BCUT2D eigenvalue weighted by molar-refractivity contribution is 6.07. The Balaban J connectivity index is 1.92. The third kappa shape index (κ3) is 7.46. The number of methoxy groups -OCH3 is 1. The maximum atomic E-state index is 12.5. The third-order valence-corrected chi connectivity index (χ3v) is 3.82. The molecule has 0 saturated heterocycles. The number of hydrogen-bond acceptors (Lipinski definition) is 5. The number of para-hydroxylation sites is 2. The van der Waals surface area contributed by atoms with Gasteiger partial charge in [-0.1, -0.05) is 12.1 Å². The van der Waals surface area contributed by atoms with Crippen LogP contribution in [-0.4, -0.2) is 37.2 Å². The van der Waals surface area contributed by atoms with E-state index in [0.717, 1.165) is 0 Å². The van der Waals surface area contributed by atoms with E-state index < -0.39 is 11.7 Å². The summed E-state index contributed by atoms with van der Waals surface area (Å²) in [6.07, 6.45) is -0.526. The van der Waals surface area contributed by atoms with Gasteiger partial charge in [-0.25, -0.2) is 4.79 Å². The number of ether oxygens (including phenoxy) is 2. The third-order valence-electron chi connectivity index (χ3n) is 3.82. The molecule has 0 aliphatic heterocycles. The Labute approximate surface area is 175 Å². The van der Waals surface area contributed by atoms with E-state index >= 15 is 0 Å². The van der Waals surface area contributed by atoms with E-state index in [0.29, 0.717) is 22.7 Å². The van der Waals surface area contributed by atoms with Crippen molar-refractivity contribution < 1.29 is 23.9 Å². The summed E-state index contributed by atoms with van der Waals surface area (Å²) in [5, 5.41) is 8.06. The van der Waals surface area contributed by atoms with Crippen molar-refractivity contribution in [1.82, 2.24) is 5.32 Å². The lowest BCUT2D eigenvalue weighted by Crippen LogP contribution is -2.34. The smallest absolute Gasteiger partial charge is 0.407 e. The van der Waals surface area contributed by atoms with Crippen LogP contribution in [0, 0.1) is 0 Å². The lowest BCUT2D eigenvalue weighted by molar-refractivity contribution is -0.116. The molecule has 3 amide bonds. The fourth-order valence-corrected chi connectivity index (χ4v) is 2.44. The highest BCUT2D eigenvalue weighted by Gasteiger charge is 2.16. The molecule has 8 heteroatoms. The van der Waals surface area contributed by atoms with Crippen molar-refractivity contribution in [3.8, 4) is 5.75 Å². The van der Waals surface area contributed by atoms with Crippen LogP contribution in [0.15, 0.2) is 48.5 Å². The molecular weight excluding hydrogens is 386 g/mol. The molecule has 0 bridgehead atoms. The zero-order valence-corrected chi connectivity index (χ0v) is 17.6. The summed E-state index contributed by atoms with van der Waals surface area (Å²) in [4.78, 5) is 36.3. The number of benzene rings is 2. The van der Waals surface area contributed by atoms with Gasteiger partial charge in [0.2, 0.25) is 5.91 Å². The lowest BCUT2D eigenvalue weighted by atomic mass is 10.2. The van der Waals surface area contributed by atoms with Gasteiger partial charge in [-0.15, -0.1) is 0 Å². The lowest BCUT2D eigenvalue weighted by Gasteiger charge is -2.19. The Morgan fingerprint density at radius 2 is 1.50 bits per heavy atom. The fraction of sp³-hybridized carbons (Fsp3) is 0.318. The van der Waals surface area contributed by atoms with Crippen molar-refractivity contribution in [3.63, 3.8) is 0 Å². The highest BCUT2D eigenvalue weighted by Crippen LogP contribution is 2.22. The second-order valence-electron chi connectivity index (χ2n) is 7.46. The van der Waals surface area contributed by atoms with Crippen LogP contribution >= 0.6 is 0 Å². The molecule has 2 aromatic rings. The predicted molar refractivity (Wildman–Crippen MR) is 115 cm³/mol. The molecule has 0 saturated carbocycles. The summed E-state index contributed by atoms with van der Waals surface area (Å²) >= 11 is 0. The van der Waals surface area contributed by atoms with E-state index in [1.807, 2.05) is 0 Å². The van der Waals surface area contributed by atoms with Crippen LogP contribution in [0.1, 0.15) is 37.6 Å². The molecule has 2 aromatic carbocycles. The van der Waals surface area contributed by atoms with E-state index in [1.54, 1.807) is 76.4 Å². The maximum absolute atomic E-state index is 12.5. The van der Waals surface area contributed by atoms with Gasteiger partial charge in [-0.05, 0) is 57.2 Å². The predicted octanol–water partition coefficient (Wildman–Crippen LogP) is 3.80. The van der Waals surface area contributed by atoms with Crippen molar-refractivity contribution in [2.75, 3.05) is 24.3 Å². The molecular formula is C22H27N3O5. The molecule has 0 unspecified atom stereocenters. The molecule has 2 rings (SSSR count). The second kappa shape index (κ2) is 10.3. The first-order chi connectivity index (χ1) is 14.2. The van der Waals surface area contributed by atoms with Crippen LogP contribution in [0.3, 0.4) is 0 Å². The zero-order valence-electron chi connectivity index (χ0n) is 17.6. The number of anilines is 2. The van der Waals surface area contributed by atoms with Gasteiger partial charge in [0, 0.05) is 18.5 Å². The zero-order chi connectivity index (χ0) is 22.1. The first kappa shape index (κ1) is 22.7. The molecule has 160 valence electrons. The molecule has 0 atom stereocenters. The quantitative estimate of drug-likeness (QED) is 0.640. The number of hydrogen-bond donors (Lipinski definition) is 3. The molecule has 0 aliphatic carbocycles. The SMILES string of the molecule is COc1ccc(C(=O)Nc2ccccc2NC(=O)CCNC(=O)OC(C)(C)C)cc1. The van der Waals surface area contributed by atoms with Crippen LogP contribution in [0.5, 0.6) is 5.75 Å². The summed E-state index contributed by atoms with van der Waals surface area (Å²) in [5.74, 6) is 0.0300. The molecule has 0 radical (unpaired) electrons. The van der Waals surface area contributed by atoms with Gasteiger partial charge in [0.1, 0.15) is 11.4 Å². The minimum atomic E-state index is -0.604. The van der Waals surface area contributed by atoms with Crippen molar-refractivity contribution in [2.45, 2.75) is 32.8 Å². The summed E-state index contributed by atoms with van der Waals surface area (Å²) < 4.78 is 10.2.